The number of aryl methyl sites for hydroxylation is 1. The molecule has 2 heterocycles. The van der Waals surface area contributed by atoms with Gasteiger partial charge in [0.05, 0.1) is 6.54 Å². The zero-order chi connectivity index (χ0) is 12.8. The van der Waals surface area contributed by atoms with E-state index in [1.54, 1.807) is 11.0 Å². The minimum absolute atomic E-state index is 0.184. The lowest BCUT2D eigenvalue weighted by molar-refractivity contribution is -0.130. The summed E-state index contributed by atoms with van der Waals surface area (Å²) in [5, 5.41) is 7.33. The molecule has 0 radical (unpaired) electrons. The summed E-state index contributed by atoms with van der Waals surface area (Å²) in [6, 6.07) is 0. The van der Waals surface area contributed by atoms with Crippen LogP contribution in [0.3, 0.4) is 0 Å². The highest BCUT2D eigenvalue weighted by atomic mass is 16.2. The molecule has 1 saturated heterocycles. The second kappa shape index (κ2) is 6.49. The minimum Gasteiger partial charge on any atom is -0.345 e. The number of nitrogens with zero attached hydrogens (tertiary/aromatic N) is 4. The number of piperidine rings is 1. The molecule has 18 heavy (non-hydrogen) atoms. The van der Waals surface area contributed by atoms with Crippen LogP contribution in [0, 0.1) is 5.92 Å². The first-order valence-corrected chi connectivity index (χ1v) is 6.53. The van der Waals surface area contributed by atoms with Gasteiger partial charge in [0, 0.05) is 20.0 Å². The van der Waals surface area contributed by atoms with Crippen LogP contribution in [0.2, 0.25) is 0 Å². The van der Waals surface area contributed by atoms with Gasteiger partial charge in [-0.05, 0) is 31.8 Å². The Balaban J connectivity index is 1.70. The Morgan fingerprint density at radius 2 is 2.28 bits per heavy atom. The second-order valence-corrected chi connectivity index (χ2v) is 4.88. The zero-order valence-corrected chi connectivity index (χ0v) is 10.9. The molecule has 0 aliphatic carbocycles. The first-order valence-electron chi connectivity index (χ1n) is 6.53. The van der Waals surface area contributed by atoms with Gasteiger partial charge < -0.3 is 10.2 Å². The van der Waals surface area contributed by atoms with E-state index in [9.17, 15) is 4.79 Å². The molecular formula is C12H21N5O. The Morgan fingerprint density at radius 3 is 2.94 bits per heavy atom. The number of hydrogen-bond donors (Lipinski definition) is 1. The quantitative estimate of drug-likeness (QED) is 0.808. The van der Waals surface area contributed by atoms with Gasteiger partial charge in [0.2, 0.25) is 5.91 Å². The van der Waals surface area contributed by atoms with Gasteiger partial charge in [-0.1, -0.05) is 0 Å². The summed E-state index contributed by atoms with van der Waals surface area (Å²) < 4.78 is 1.69. The average Bonchev–Trinajstić information content (AvgIpc) is 2.90. The van der Waals surface area contributed by atoms with Gasteiger partial charge >= 0.3 is 0 Å². The van der Waals surface area contributed by atoms with Gasteiger partial charge in [-0.15, -0.1) is 0 Å². The van der Waals surface area contributed by atoms with Crippen LogP contribution >= 0.6 is 0 Å². The normalized spacial score (nSPS) is 16.7. The van der Waals surface area contributed by atoms with Crippen molar-refractivity contribution in [1.29, 1.82) is 0 Å². The summed E-state index contributed by atoms with van der Waals surface area (Å²) in [5.41, 5.74) is 0. The first-order chi connectivity index (χ1) is 8.75. The van der Waals surface area contributed by atoms with Crippen LogP contribution in [-0.2, 0) is 11.3 Å². The average molecular weight is 251 g/mol. The summed E-state index contributed by atoms with van der Waals surface area (Å²) in [6.07, 6.45) is 5.95. The van der Waals surface area contributed by atoms with Crippen LogP contribution in [0.25, 0.3) is 0 Å². The molecule has 100 valence electrons. The van der Waals surface area contributed by atoms with Crippen molar-refractivity contribution in [2.24, 2.45) is 5.92 Å². The summed E-state index contributed by atoms with van der Waals surface area (Å²) in [7, 11) is 1.89. The fraction of sp³-hybridized carbons (Fsp3) is 0.750. The number of aromatic nitrogens is 3. The van der Waals surface area contributed by atoms with Crippen molar-refractivity contribution < 1.29 is 4.79 Å². The van der Waals surface area contributed by atoms with Crippen LogP contribution in [0.1, 0.15) is 19.3 Å². The van der Waals surface area contributed by atoms with Crippen LogP contribution in [0.15, 0.2) is 12.7 Å². The van der Waals surface area contributed by atoms with Gasteiger partial charge in [0.25, 0.3) is 0 Å². The lowest BCUT2D eigenvalue weighted by Crippen LogP contribution is -2.37. The van der Waals surface area contributed by atoms with Gasteiger partial charge in [-0.25, -0.2) is 4.98 Å². The molecule has 1 fully saturated rings. The third-order valence-corrected chi connectivity index (χ3v) is 3.44. The van der Waals surface area contributed by atoms with Crippen molar-refractivity contribution >= 4 is 5.91 Å². The largest absolute Gasteiger partial charge is 0.345 e. The van der Waals surface area contributed by atoms with Crippen molar-refractivity contribution in [2.45, 2.75) is 25.8 Å². The summed E-state index contributed by atoms with van der Waals surface area (Å²) >= 11 is 0. The van der Waals surface area contributed by atoms with Gasteiger partial charge in [-0.3, -0.25) is 9.48 Å². The molecule has 1 aromatic rings. The van der Waals surface area contributed by atoms with E-state index < -0.39 is 0 Å². The number of nitrogens with one attached hydrogen (secondary N) is 1. The van der Waals surface area contributed by atoms with E-state index in [4.69, 9.17) is 0 Å². The predicted octanol–water partition coefficient (Wildman–Crippen LogP) is 0.126. The Bertz CT molecular complexity index is 359. The molecule has 2 rings (SSSR count). The molecule has 0 saturated carbocycles. The lowest BCUT2D eigenvalue weighted by Gasteiger charge is -2.27. The Labute approximate surface area is 107 Å². The molecule has 1 amide bonds. The molecule has 1 aromatic heterocycles. The topological polar surface area (TPSA) is 63.1 Å². The van der Waals surface area contributed by atoms with Crippen molar-refractivity contribution in [1.82, 2.24) is 25.0 Å². The summed E-state index contributed by atoms with van der Waals surface area (Å²) in [6.45, 7) is 3.63. The van der Waals surface area contributed by atoms with Crippen molar-refractivity contribution in [3.05, 3.63) is 12.7 Å². The zero-order valence-electron chi connectivity index (χ0n) is 10.9. The van der Waals surface area contributed by atoms with Gasteiger partial charge in [0.1, 0.15) is 12.7 Å². The molecule has 6 heteroatoms. The third kappa shape index (κ3) is 3.80. The maximum absolute atomic E-state index is 12.0. The fourth-order valence-corrected chi connectivity index (χ4v) is 2.30. The predicted molar refractivity (Wildman–Crippen MR) is 67.9 cm³/mol. The monoisotopic (exact) mass is 251 g/mol. The van der Waals surface area contributed by atoms with E-state index in [2.05, 4.69) is 15.4 Å². The maximum atomic E-state index is 12.0. The SMILES string of the molecule is CN(CC1CCNCC1)C(=O)CCn1cncn1. The Hall–Kier alpha value is -1.43. The highest BCUT2D eigenvalue weighted by molar-refractivity contribution is 5.75. The lowest BCUT2D eigenvalue weighted by atomic mass is 9.97. The summed E-state index contributed by atoms with van der Waals surface area (Å²) in [5.74, 6) is 0.829. The molecule has 1 aliphatic heterocycles. The third-order valence-electron chi connectivity index (χ3n) is 3.44. The highest BCUT2D eigenvalue weighted by Crippen LogP contribution is 2.13. The Morgan fingerprint density at radius 1 is 1.50 bits per heavy atom. The number of carbonyl (C=O) groups is 1. The number of rotatable bonds is 5. The van der Waals surface area contributed by atoms with E-state index in [0.717, 1.165) is 19.6 Å². The number of hydrogen-bond acceptors (Lipinski definition) is 4. The molecule has 0 unspecified atom stereocenters. The van der Waals surface area contributed by atoms with Crippen LogP contribution in [0.5, 0.6) is 0 Å². The van der Waals surface area contributed by atoms with E-state index >= 15 is 0 Å². The molecule has 1 aliphatic rings. The van der Waals surface area contributed by atoms with Crippen molar-refractivity contribution in [3.63, 3.8) is 0 Å². The number of carbonyl (C=O) groups excluding carboxylic acids is 1. The standard InChI is InChI=1S/C12H21N5O/c1-16(8-11-2-5-13-6-3-11)12(18)4-7-17-10-14-9-15-17/h9-11,13H,2-8H2,1H3. The van der Waals surface area contributed by atoms with Gasteiger partial charge in [-0.2, -0.15) is 5.10 Å². The molecule has 1 N–H and O–H groups in total. The first kappa shape index (κ1) is 13.0. The Kier molecular flexibility index (Phi) is 4.69. The van der Waals surface area contributed by atoms with Crippen molar-refractivity contribution in [3.8, 4) is 0 Å². The van der Waals surface area contributed by atoms with E-state index in [0.29, 0.717) is 18.9 Å². The highest BCUT2D eigenvalue weighted by Gasteiger charge is 2.17. The summed E-state index contributed by atoms with van der Waals surface area (Å²) in [4.78, 5) is 17.7. The van der Waals surface area contributed by atoms with Crippen molar-refractivity contribution in [2.75, 3.05) is 26.7 Å². The van der Waals surface area contributed by atoms with Gasteiger partial charge in [0.15, 0.2) is 0 Å². The smallest absolute Gasteiger partial charge is 0.224 e. The second-order valence-electron chi connectivity index (χ2n) is 4.88. The van der Waals surface area contributed by atoms with Crippen LogP contribution in [0.4, 0.5) is 0 Å². The molecule has 0 spiro atoms. The molecule has 6 nitrogen and oxygen atoms in total. The van der Waals surface area contributed by atoms with E-state index in [1.807, 2.05) is 11.9 Å². The minimum atomic E-state index is 0.184. The molecule has 0 bridgehead atoms. The molecule has 0 atom stereocenters. The van der Waals surface area contributed by atoms with Crippen LogP contribution < -0.4 is 5.32 Å². The fourth-order valence-electron chi connectivity index (χ4n) is 2.30. The maximum Gasteiger partial charge on any atom is 0.224 e. The van der Waals surface area contributed by atoms with E-state index in [1.165, 1.54) is 19.2 Å². The molecule has 0 aromatic carbocycles. The van der Waals surface area contributed by atoms with E-state index in [-0.39, 0.29) is 5.91 Å². The molecular weight excluding hydrogens is 230 g/mol. The van der Waals surface area contributed by atoms with Crippen LogP contribution in [-0.4, -0.2) is 52.3 Å². The number of amides is 1.